The second-order valence-corrected chi connectivity index (χ2v) is 6.02. The van der Waals surface area contributed by atoms with E-state index in [1.165, 1.54) is 18.8 Å². The first-order valence-corrected chi connectivity index (χ1v) is 8.00. The van der Waals surface area contributed by atoms with Gasteiger partial charge in [-0.1, -0.05) is 23.7 Å². The second-order valence-electron chi connectivity index (χ2n) is 5.59. The molecule has 0 aliphatic rings. The molecule has 130 valence electrons. The first-order valence-electron chi connectivity index (χ1n) is 7.62. The number of halogens is 1. The molecule has 0 unspecified atom stereocenters. The number of rotatable bonds is 4. The largest absolute Gasteiger partial charge is 0.493 e. The van der Waals surface area contributed by atoms with Crippen LogP contribution in [0, 0.1) is 0 Å². The van der Waals surface area contributed by atoms with Crippen LogP contribution in [-0.4, -0.2) is 23.8 Å². The average molecular weight is 361 g/mol. The van der Waals surface area contributed by atoms with Gasteiger partial charge in [-0.25, -0.2) is 4.79 Å². The highest BCUT2D eigenvalue weighted by atomic mass is 35.5. The van der Waals surface area contributed by atoms with Crippen LogP contribution in [-0.2, 0) is 0 Å². The Kier molecular flexibility index (Phi) is 4.55. The molecule has 0 aliphatic heterocycles. The summed E-state index contributed by atoms with van der Waals surface area (Å²) in [6.07, 6.45) is 0. The van der Waals surface area contributed by atoms with E-state index in [0.717, 1.165) is 5.56 Å². The number of hydrogen-bond acceptors (Lipinski definition) is 4. The van der Waals surface area contributed by atoms with E-state index in [-0.39, 0.29) is 0 Å². The molecule has 0 saturated heterocycles. The van der Waals surface area contributed by atoms with Gasteiger partial charge in [-0.3, -0.25) is 9.36 Å². The Hall–Kier alpha value is -2.73. The summed E-state index contributed by atoms with van der Waals surface area (Å²) < 4.78 is 11.6. The Bertz CT molecular complexity index is 1040. The number of hydrogen-bond donors (Lipinski definition) is 1. The van der Waals surface area contributed by atoms with Crippen molar-refractivity contribution in [1.29, 1.82) is 0 Å². The van der Waals surface area contributed by atoms with Crippen molar-refractivity contribution in [1.82, 2.24) is 9.55 Å². The Labute approximate surface area is 148 Å². The molecule has 0 fully saturated rings. The summed E-state index contributed by atoms with van der Waals surface area (Å²) in [6, 6.07) is 9.72. The lowest BCUT2D eigenvalue weighted by molar-refractivity contribution is 0.355. The number of H-pyrrole nitrogens is 1. The fourth-order valence-corrected chi connectivity index (χ4v) is 2.92. The molecule has 0 saturated carbocycles. The predicted octanol–water partition coefficient (Wildman–Crippen LogP) is 2.97. The molecule has 2 aromatic carbocycles. The molecule has 0 bridgehead atoms. The maximum atomic E-state index is 12.9. The Morgan fingerprint density at radius 3 is 2.24 bits per heavy atom. The lowest BCUT2D eigenvalue weighted by Gasteiger charge is -2.16. The van der Waals surface area contributed by atoms with E-state index in [9.17, 15) is 9.59 Å². The molecule has 1 N–H and O–H groups in total. The molecule has 3 rings (SSSR count). The van der Waals surface area contributed by atoms with E-state index >= 15 is 0 Å². The molecule has 0 aliphatic carbocycles. The molecule has 7 heteroatoms. The van der Waals surface area contributed by atoms with Crippen LogP contribution < -0.4 is 20.7 Å². The summed E-state index contributed by atoms with van der Waals surface area (Å²) in [5.74, 6) is 0.860. The highest BCUT2D eigenvalue weighted by molar-refractivity contribution is 6.30. The number of ether oxygens (including phenoxy) is 2. The van der Waals surface area contributed by atoms with Crippen LogP contribution in [0.2, 0.25) is 5.02 Å². The summed E-state index contributed by atoms with van der Waals surface area (Å²) in [4.78, 5) is 28.2. The minimum absolute atomic E-state index is 0.345. The highest BCUT2D eigenvalue weighted by Crippen LogP contribution is 2.29. The van der Waals surface area contributed by atoms with Gasteiger partial charge in [-0.2, -0.15) is 0 Å². The van der Waals surface area contributed by atoms with Crippen LogP contribution in [0.1, 0.15) is 18.5 Å². The lowest BCUT2D eigenvalue weighted by Crippen LogP contribution is -2.37. The SMILES string of the molecule is COc1cc2[nH]c(=O)n([C@H](C)c3ccc(Cl)cc3)c(=O)c2cc1OC. The Morgan fingerprint density at radius 1 is 1.04 bits per heavy atom. The van der Waals surface area contributed by atoms with Gasteiger partial charge in [0, 0.05) is 11.1 Å². The molecule has 1 atom stereocenters. The standard InChI is InChI=1S/C18H17ClN2O4/c1-10(11-4-6-12(19)7-5-11)21-17(22)13-8-15(24-2)16(25-3)9-14(13)20-18(21)23/h4-10H,1-3H3,(H,20,23)/t10-/m1/s1. The van der Waals surface area contributed by atoms with E-state index < -0.39 is 17.3 Å². The van der Waals surface area contributed by atoms with Crippen LogP contribution in [0.3, 0.4) is 0 Å². The zero-order chi connectivity index (χ0) is 18.1. The van der Waals surface area contributed by atoms with Crippen LogP contribution in [0.4, 0.5) is 0 Å². The average Bonchev–Trinajstić information content (AvgIpc) is 2.61. The smallest absolute Gasteiger partial charge is 0.329 e. The third-order valence-electron chi connectivity index (χ3n) is 4.17. The van der Waals surface area contributed by atoms with Gasteiger partial charge in [0.05, 0.1) is 31.2 Å². The van der Waals surface area contributed by atoms with Crippen molar-refractivity contribution >= 4 is 22.5 Å². The summed E-state index contributed by atoms with van der Waals surface area (Å²) in [6.45, 7) is 1.78. The first kappa shape index (κ1) is 17.1. The molecule has 0 spiro atoms. The Balaban J connectivity index is 2.24. The summed E-state index contributed by atoms with van der Waals surface area (Å²) in [5, 5.41) is 0.936. The number of aromatic amines is 1. The highest BCUT2D eigenvalue weighted by Gasteiger charge is 2.17. The number of methoxy groups -OCH3 is 2. The summed E-state index contributed by atoms with van der Waals surface area (Å²) >= 11 is 5.90. The van der Waals surface area contributed by atoms with Crippen molar-refractivity contribution in [3.05, 3.63) is 67.8 Å². The van der Waals surface area contributed by atoms with Gasteiger partial charge >= 0.3 is 5.69 Å². The normalized spacial score (nSPS) is 12.2. The number of fused-ring (bicyclic) bond motifs is 1. The zero-order valence-corrected chi connectivity index (χ0v) is 14.8. The van der Waals surface area contributed by atoms with Crippen LogP contribution in [0.25, 0.3) is 10.9 Å². The van der Waals surface area contributed by atoms with Crippen LogP contribution >= 0.6 is 11.6 Å². The fourth-order valence-electron chi connectivity index (χ4n) is 2.80. The van der Waals surface area contributed by atoms with Gasteiger partial charge in [-0.15, -0.1) is 0 Å². The quantitative estimate of drug-likeness (QED) is 0.776. The molecular formula is C18H17ClN2O4. The van der Waals surface area contributed by atoms with Crippen molar-refractivity contribution in [3.8, 4) is 11.5 Å². The minimum Gasteiger partial charge on any atom is -0.493 e. The van der Waals surface area contributed by atoms with E-state index in [2.05, 4.69) is 4.98 Å². The van der Waals surface area contributed by atoms with E-state index in [1.54, 1.807) is 43.3 Å². The number of nitrogens with zero attached hydrogens (tertiary/aromatic N) is 1. The summed E-state index contributed by atoms with van der Waals surface area (Å²) in [5.41, 5.74) is 0.304. The van der Waals surface area contributed by atoms with Crippen molar-refractivity contribution in [3.63, 3.8) is 0 Å². The van der Waals surface area contributed by atoms with Crippen LogP contribution in [0.15, 0.2) is 46.0 Å². The number of nitrogens with one attached hydrogen (secondary N) is 1. The van der Waals surface area contributed by atoms with E-state index in [0.29, 0.717) is 27.4 Å². The maximum Gasteiger partial charge on any atom is 0.329 e. The molecule has 0 amide bonds. The van der Waals surface area contributed by atoms with Crippen LogP contribution in [0.5, 0.6) is 11.5 Å². The predicted molar refractivity (Wildman–Crippen MR) is 97.2 cm³/mol. The third kappa shape index (κ3) is 3.00. The molecule has 1 heterocycles. The zero-order valence-electron chi connectivity index (χ0n) is 14.0. The number of benzene rings is 2. The van der Waals surface area contributed by atoms with Gasteiger partial charge in [-0.05, 0) is 30.7 Å². The van der Waals surface area contributed by atoms with Crippen molar-refractivity contribution in [2.75, 3.05) is 14.2 Å². The van der Waals surface area contributed by atoms with Crippen molar-refractivity contribution < 1.29 is 9.47 Å². The van der Waals surface area contributed by atoms with Gasteiger partial charge < -0.3 is 14.5 Å². The Morgan fingerprint density at radius 2 is 1.64 bits per heavy atom. The fraction of sp³-hybridized carbons (Fsp3) is 0.222. The lowest BCUT2D eigenvalue weighted by atomic mass is 10.1. The molecular weight excluding hydrogens is 344 g/mol. The monoisotopic (exact) mass is 360 g/mol. The molecule has 6 nitrogen and oxygen atoms in total. The van der Waals surface area contributed by atoms with Gasteiger partial charge in [0.2, 0.25) is 0 Å². The second kappa shape index (κ2) is 6.64. The first-order chi connectivity index (χ1) is 12.0. The van der Waals surface area contributed by atoms with Crippen molar-refractivity contribution in [2.45, 2.75) is 13.0 Å². The third-order valence-corrected chi connectivity index (χ3v) is 4.43. The maximum absolute atomic E-state index is 12.9. The van der Waals surface area contributed by atoms with Gasteiger partial charge in [0.1, 0.15) is 0 Å². The van der Waals surface area contributed by atoms with E-state index in [4.69, 9.17) is 21.1 Å². The number of aromatic nitrogens is 2. The molecule has 0 radical (unpaired) electrons. The molecule has 3 aromatic rings. The van der Waals surface area contributed by atoms with E-state index in [1.807, 2.05) is 0 Å². The molecule has 25 heavy (non-hydrogen) atoms. The molecule has 1 aromatic heterocycles. The minimum atomic E-state index is -0.493. The topological polar surface area (TPSA) is 73.3 Å². The van der Waals surface area contributed by atoms with Crippen molar-refractivity contribution in [2.24, 2.45) is 0 Å². The summed E-state index contributed by atoms with van der Waals surface area (Å²) in [7, 11) is 2.98. The van der Waals surface area contributed by atoms with Gasteiger partial charge in [0.15, 0.2) is 11.5 Å². The van der Waals surface area contributed by atoms with Gasteiger partial charge in [0.25, 0.3) is 5.56 Å².